The first-order valence-electron chi connectivity index (χ1n) is 6.41. The molecular weight excluding hydrogens is 260 g/mol. The molecular formula is C13H18N4O3. The van der Waals surface area contributed by atoms with Crippen molar-refractivity contribution in [1.29, 1.82) is 0 Å². The zero-order valence-electron chi connectivity index (χ0n) is 11.3. The predicted octanol–water partition coefficient (Wildman–Crippen LogP) is 0.152. The topological polar surface area (TPSA) is 112 Å². The first-order valence-corrected chi connectivity index (χ1v) is 6.41. The molecule has 0 aliphatic carbocycles. The van der Waals surface area contributed by atoms with Crippen LogP contribution in [0.5, 0.6) is 0 Å². The molecule has 1 aliphatic rings. The second-order valence-corrected chi connectivity index (χ2v) is 4.80. The van der Waals surface area contributed by atoms with Crippen LogP contribution < -0.4 is 16.4 Å². The van der Waals surface area contributed by atoms with Crippen molar-refractivity contribution in [1.82, 2.24) is 4.98 Å². The van der Waals surface area contributed by atoms with Crippen molar-refractivity contribution in [3.63, 3.8) is 0 Å². The number of nitrogens with zero attached hydrogens (tertiary/aromatic N) is 2. The monoisotopic (exact) mass is 278 g/mol. The second kappa shape index (κ2) is 5.77. The van der Waals surface area contributed by atoms with Crippen molar-refractivity contribution in [3.05, 3.63) is 17.8 Å². The fraction of sp³-hybridized carbons (Fsp3) is 0.462. The van der Waals surface area contributed by atoms with Crippen LogP contribution >= 0.6 is 0 Å². The molecule has 0 bridgehead atoms. The van der Waals surface area contributed by atoms with Crippen LogP contribution in [0.1, 0.15) is 23.2 Å². The van der Waals surface area contributed by atoms with Crippen molar-refractivity contribution >= 4 is 23.4 Å². The van der Waals surface area contributed by atoms with E-state index in [9.17, 15) is 9.59 Å². The minimum absolute atomic E-state index is 0.110. The molecule has 1 aromatic rings. The molecule has 20 heavy (non-hydrogen) atoms. The maximum Gasteiger partial charge on any atom is 0.341 e. The molecule has 7 heteroatoms. The van der Waals surface area contributed by atoms with Crippen LogP contribution in [0.4, 0.5) is 11.5 Å². The molecule has 0 spiro atoms. The lowest BCUT2D eigenvalue weighted by atomic mass is 9.96. The normalized spacial score (nSPS) is 15.9. The van der Waals surface area contributed by atoms with Crippen LogP contribution in [0, 0.1) is 5.92 Å². The molecule has 4 N–H and O–H groups in total. The maximum absolute atomic E-state index is 11.8. The van der Waals surface area contributed by atoms with Gasteiger partial charge >= 0.3 is 5.97 Å². The summed E-state index contributed by atoms with van der Waals surface area (Å²) in [6.45, 7) is 1.24. The van der Waals surface area contributed by atoms with E-state index in [2.05, 4.69) is 4.98 Å². The van der Waals surface area contributed by atoms with E-state index in [1.54, 1.807) is 6.07 Å². The molecule has 0 unspecified atom stereocenters. The summed E-state index contributed by atoms with van der Waals surface area (Å²) in [5.74, 6) is -0.324. The largest absolute Gasteiger partial charge is 0.465 e. The Balaban J connectivity index is 2.21. The third-order valence-electron chi connectivity index (χ3n) is 3.49. The van der Waals surface area contributed by atoms with E-state index in [1.807, 2.05) is 4.90 Å². The Morgan fingerprint density at radius 3 is 2.60 bits per heavy atom. The zero-order chi connectivity index (χ0) is 14.7. The number of methoxy groups -OCH3 is 1. The summed E-state index contributed by atoms with van der Waals surface area (Å²) in [4.78, 5) is 29.1. The number of esters is 1. The minimum atomic E-state index is -0.475. The molecule has 1 fully saturated rings. The highest BCUT2D eigenvalue weighted by molar-refractivity contribution is 5.95. The van der Waals surface area contributed by atoms with Gasteiger partial charge in [0.15, 0.2) is 0 Å². The van der Waals surface area contributed by atoms with Gasteiger partial charge < -0.3 is 21.1 Å². The van der Waals surface area contributed by atoms with Gasteiger partial charge in [-0.3, -0.25) is 4.79 Å². The Labute approximate surface area is 116 Å². The molecule has 0 saturated carbocycles. The number of hydrogen-bond donors (Lipinski definition) is 2. The van der Waals surface area contributed by atoms with E-state index in [1.165, 1.54) is 13.3 Å². The lowest BCUT2D eigenvalue weighted by Gasteiger charge is -2.32. The number of amides is 1. The third kappa shape index (κ3) is 2.81. The molecule has 1 saturated heterocycles. The Morgan fingerprint density at radius 1 is 1.40 bits per heavy atom. The second-order valence-electron chi connectivity index (χ2n) is 4.80. The van der Waals surface area contributed by atoms with Gasteiger partial charge in [-0.05, 0) is 18.9 Å². The molecule has 1 aromatic heterocycles. The number of hydrogen-bond acceptors (Lipinski definition) is 6. The molecule has 7 nitrogen and oxygen atoms in total. The van der Waals surface area contributed by atoms with Gasteiger partial charge in [0.1, 0.15) is 11.4 Å². The highest BCUT2D eigenvalue weighted by Gasteiger charge is 2.26. The molecule has 0 atom stereocenters. The van der Waals surface area contributed by atoms with Gasteiger partial charge in [-0.15, -0.1) is 0 Å². The van der Waals surface area contributed by atoms with Crippen LogP contribution in [-0.4, -0.2) is 37.1 Å². The number of primary amides is 1. The number of carbonyl (C=O) groups is 2. The number of ether oxygens (including phenoxy) is 1. The van der Waals surface area contributed by atoms with Crippen molar-refractivity contribution in [2.24, 2.45) is 11.7 Å². The summed E-state index contributed by atoms with van der Waals surface area (Å²) in [5, 5.41) is 0. The van der Waals surface area contributed by atoms with Gasteiger partial charge in [-0.1, -0.05) is 0 Å². The predicted molar refractivity (Wildman–Crippen MR) is 74.1 cm³/mol. The molecule has 2 rings (SSSR count). The molecule has 1 aliphatic heterocycles. The summed E-state index contributed by atoms with van der Waals surface area (Å²) >= 11 is 0. The number of anilines is 2. The number of nitrogens with two attached hydrogens (primary N) is 2. The lowest BCUT2D eigenvalue weighted by molar-refractivity contribution is -0.122. The number of aromatic nitrogens is 1. The number of pyridine rings is 1. The molecule has 1 amide bonds. The third-order valence-corrected chi connectivity index (χ3v) is 3.49. The van der Waals surface area contributed by atoms with Crippen molar-refractivity contribution in [2.45, 2.75) is 12.8 Å². The van der Waals surface area contributed by atoms with Crippen LogP contribution in [0.15, 0.2) is 12.3 Å². The van der Waals surface area contributed by atoms with Crippen LogP contribution in [-0.2, 0) is 9.53 Å². The van der Waals surface area contributed by atoms with E-state index < -0.39 is 5.97 Å². The van der Waals surface area contributed by atoms with Gasteiger partial charge in [0, 0.05) is 19.0 Å². The van der Waals surface area contributed by atoms with Gasteiger partial charge in [0.05, 0.1) is 19.0 Å². The van der Waals surface area contributed by atoms with Crippen LogP contribution in [0.2, 0.25) is 0 Å². The van der Waals surface area contributed by atoms with E-state index in [0.29, 0.717) is 43.0 Å². The highest BCUT2D eigenvalue weighted by Crippen LogP contribution is 2.26. The number of piperidine rings is 1. The molecule has 108 valence electrons. The molecule has 2 heterocycles. The van der Waals surface area contributed by atoms with Gasteiger partial charge in [-0.25, -0.2) is 9.78 Å². The van der Waals surface area contributed by atoms with Gasteiger partial charge in [0.2, 0.25) is 5.91 Å². The van der Waals surface area contributed by atoms with E-state index in [-0.39, 0.29) is 11.8 Å². The number of nitrogen functional groups attached to an aromatic ring is 1. The summed E-state index contributed by atoms with van der Waals surface area (Å²) < 4.78 is 4.75. The van der Waals surface area contributed by atoms with Crippen molar-refractivity contribution < 1.29 is 14.3 Å². The molecule has 0 radical (unpaired) electrons. The number of carbonyl (C=O) groups excluding carboxylic acids is 2. The average molecular weight is 278 g/mol. The van der Waals surface area contributed by atoms with E-state index in [0.717, 1.165) is 0 Å². The minimum Gasteiger partial charge on any atom is -0.465 e. The first kappa shape index (κ1) is 14.1. The SMILES string of the molecule is COC(=O)c1cc(N)cnc1N1CCC(C(N)=O)CC1. The van der Waals surface area contributed by atoms with E-state index >= 15 is 0 Å². The first-order chi connectivity index (χ1) is 9.52. The highest BCUT2D eigenvalue weighted by atomic mass is 16.5. The quantitative estimate of drug-likeness (QED) is 0.761. The Kier molecular flexibility index (Phi) is 4.07. The van der Waals surface area contributed by atoms with Gasteiger partial charge in [-0.2, -0.15) is 0 Å². The lowest BCUT2D eigenvalue weighted by Crippen LogP contribution is -2.39. The molecule has 0 aromatic carbocycles. The maximum atomic E-state index is 11.8. The average Bonchev–Trinajstić information content (AvgIpc) is 2.46. The summed E-state index contributed by atoms with van der Waals surface area (Å²) in [7, 11) is 1.31. The van der Waals surface area contributed by atoms with Crippen LogP contribution in [0.25, 0.3) is 0 Å². The standard InChI is InChI=1S/C13H18N4O3/c1-20-13(19)10-6-9(14)7-16-12(10)17-4-2-8(3-5-17)11(15)18/h6-8H,2-5,14H2,1H3,(H2,15,18). The smallest absolute Gasteiger partial charge is 0.341 e. The van der Waals surface area contributed by atoms with Crippen molar-refractivity contribution in [2.75, 3.05) is 30.8 Å². The fourth-order valence-electron chi connectivity index (χ4n) is 2.36. The van der Waals surface area contributed by atoms with Gasteiger partial charge in [0.25, 0.3) is 0 Å². The van der Waals surface area contributed by atoms with Crippen molar-refractivity contribution in [3.8, 4) is 0 Å². The Hall–Kier alpha value is -2.31. The summed E-state index contributed by atoms with van der Waals surface area (Å²) in [6, 6.07) is 1.55. The Morgan fingerprint density at radius 2 is 2.05 bits per heavy atom. The van der Waals surface area contributed by atoms with Crippen LogP contribution in [0.3, 0.4) is 0 Å². The fourth-order valence-corrected chi connectivity index (χ4v) is 2.36. The van der Waals surface area contributed by atoms with E-state index in [4.69, 9.17) is 16.2 Å². The summed E-state index contributed by atoms with van der Waals surface area (Å²) in [6.07, 6.45) is 2.81. The summed E-state index contributed by atoms with van der Waals surface area (Å²) in [5.41, 5.74) is 11.7. The zero-order valence-corrected chi connectivity index (χ0v) is 11.3. The Bertz CT molecular complexity index is 524. The number of rotatable bonds is 3.